The van der Waals surface area contributed by atoms with Crippen LogP contribution in [-0.2, 0) is 9.53 Å². The molecule has 1 aromatic heterocycles. The van der Waals surface area contributed by atoms with Gasteiger partial charge in [0.05, 0.1) is 11.7 Å². The van der Waals surface area contributed by atoms with Gasteiger partial charge in [0.2, 0.25) is 5.91 Å². The number of benzene rings is 1. The van der Waals surface area contributed by atoms with E-state index in [4.69, 9.17) is 4.74 Å². The number of hydrogen-bond donors (Lipinski definition) is 1. The molecule has 4 heteroatoms. The molecule has 1 fully saturated rings. The summed E-state index contributed by atoms with van der Waals surface area (Å²) >= 11 is 0. The number of carbonyl (C=O) groups excluding carboxylic acids is 1. The molecule has 0 radical (unpaired) electrons. The van der Waals surface area contributed by atoms with Crippen LogP contribution in [0.5, 0.6) is 0 Å². The van der Waals surface area contributed by atoms with Crippen LogP contribution >= 0.6 is 0 Å². The predicted octanol–water partition coefficient (Wildman–Crippen LogP) is 2.47. The molecule has 2 unspecified atom stereocenters. The zero-order valence-corrected chi connectivity index (χ0v) is 11.7. The van der Waals surface area contributed by atoms with Crippen molar-refractivity contribution in [3.05, 3.63) is 66.0 Å². The molecule has 0 saturated carbocycles. The van der Waals surface area contributed by atoms with E-state index >= 15 is 0 Å². The number of amides is 1. The fourth-order valence-electron chi connectivity index (χ4n) is 2.54. The SMILES string of the molecule is O=C(NC(c1ccccc1)c1ccccn1)C1CCCO1. The summed E-state index contributed by atoms with van der Waals surface area (Å²) in [4.78, 5) is 16.7. The van der Waals surface area contributed by atoms with Gasteiger partial charge in [-0.3, -0.25) is 9.78 Å². The van der Waals surface area contributed by atoms with Crippen molar-refractivity contribution in [3.8, 4) is 0 Å². The molecule has 4 nitrogen and oxygen atoms in total. The van der Waals surface area contributed by atoms with Crippen molar-refractivity contribution in [1.82, 2.24) is 10.3 Å². The molecule has 108 valence electrons. The lowest BCUT2D eigenvalue weighted by Crippen LogP contribution is -2.37. The molecule has 21 heavy (non-hydrogen) atoms. The first-order valence-corrected chi connectivity index (χ1v) is 7.22. The van der Waals surface area contributed by atoms with Gasteiger partial charge in [-0.05, 0) is 30.5 Å². The highest BCUT2D eigenvalue weighted by Gasteiger charge is 2.27. The van der Waals surface area contributed by atoms with Crippen LogP contribution in [-0.4, -0.2) is 23.6 Å². The van der Waals surface area contributed by atoms with Crippen molar-refractivity contribution in [3.63, 3.8) is 0 Å². The third kappa shape index (κ3) is 3.28. The summed E-state index contributed by atoms with van der Waals surface area (Å²) in [5.74, 6) is -0.0630. The summed E-state index contributed by atoms with van der Waals surface area (Å²) in [5.41, 5.74) is 1.84. The van der Waals surface area contributed by atoms with Gasteiger partial charge in [-0.25, -0.2) is 0 Å². The molecule has 2 aromatic rings. The molecule has 1 amide bonds. The molecular weight excluding hydrogens is 264 g/mol. The van der Waals surface area contributed by atoms with E-state index in [1.165, 1.54) is 0 Å². The molecular formula is C17H18N2O2. The maximum atomic E-state index is 12.3. The van der Waals surface area contributed by atoms with Crippen molar-refractivity contribution in [2.45, 2.75) is 25.0 Å². The maximum absolute atomic E-state index is 12.3. The number of ether oxygens (including phenoxy) is 1. The average Bonchev–Trinajstić information content (AvgIpc) is 3.09. The summed E-state index contributed by atoms with van der Waals surface area (Å²) < 4.78 is 5.45. The Morgan fingerprint density at radius 3 is 2.67 bits per heavy atom. The van der Waals surface area contributed by atoms with Crippen molar-refractivity contribution >= 4 is 5.91 Å². The second-order valence-electron chi connectivity index (χ2n) is 5.11. The average molecular weight is 282 g/mol. The van der Waals surface area contributed by atoms with Crippen LogP contribution in [0, 0.1) is 0 Å². The highest BCUT2D eigenvalue weighted by molar-refractivity contribution is 5.81. The second-order valence-corrected chi connectivity index (χ2v) is 5.11. The van der Waals surface area contributed by atoms with Crippen LogP contribution in [0.3, 0.4) is 0 Å². The predicted molar refractivity (Wildman–Crippen MR) is 79.6 cm³/mol. The lowest BCUT2D eigenvalue weighted by Gasteiger charge is -2.20. The maximum Gasteiger partial charge on any atom is 0.249 e. The van der Waals surface area contributed by atoms with Crippen LogP contribution in [0.1, 0.15) is 30.1 Å². The molecule has 0 spiro atoms. The van der Waals surface area contributed by atoms with Gasteiger partial charge < -0.3 is 10.1 Å². The molecule has 1 aliphatic rings. The van der Waals surface area contributed by atoms with Gasteiger partial charge in [0.15, 0.2) is 0 Å². The third-order valence-electron chi connectivity index (χ3n) is 3.63. The van der Waals surface area contributed by atoms with Gasteiger partial charge in [-0.15, -0.1) is 0 Å². The van der Waals surface area contributed by atoms with Crippen LogP contribution < -0.4 is 5.32 Å². The first-order chi connectivity index (χ1) is 10.3. The molecule has 1 saturated heterocycles. The van der Waals surface area contributed by atoms with Gasteiger partial charge in [0.1, 0.15) is 6.10 Å². The number of nitrogens with one attached hydrogen (secondary N) is 1. The first-order valence-electron chi connectivity index (χ1n) is 7.22. The van der Waals surface area contributed by atoms with E-state index in [1.807, 2.05) is 48.5 Å². The van der Waals surface area contributed by atoms with E-state index in [2.05, 4.69) is 10.3 Å². The Labute approximate surface area is 124 Å². The third-order valence-corrected chi connectivity index (χ3v) is 3.63. The van der Waals surface area contributed by atoms with E-state index in [-0.39, 0.29) is 18.1 Å². The van der Waals surface area contributed by atoms with Crippen LogP contribution in [0.15, 0.2) is 54.7 Å². The molecule has 0 bridgehead atoms. The molecule has 2 atom stereocenters. The van der Waals surface area contributed by atoms with E-state index < -0.39 is 0 Å². The highest BCUT2D eigenvalue weighted by Crippen LogP contribution is 2.21. The zero-order valence-electron chi connectivity index (χ0n) is 11.7. The van der Waals surface area contributed by atoms with Gasteiger partial charge in [-0.2, -0.15) is 0 Å². The minimum absolute atomic E-state index is 0.0630. The number of rotatable bonds is 4. The second kappa shape index (κ2) is 6.50. The lowest BCUT2D eigenvalue weighted by atomic mass is 10.0. The number of hydrogen-bond acceptors (Lipinski definition) is 3. The Kier molecular flexibility index (Phi) is 4.26. The Morgan fingerprint density at radius 1 is 1.19 bits per heavy atom. The van der Waals surface area contributed by atoms with Crippen molar-refractivity contribution in [2.24, 2.45) is 0 Å². The standard InChI is InChI=1S/C17H18N2O2/c20-17(15-10-6-12-21-15)19-16(13-7-2-1-3-8-13)14-9-4-5-11-18-14/h1-5,7-9,11,15-16H,6,10,12H2,(H,19,20). The summed E-state index contributed by atoms with van der Waals surface area (Å²) in [6, 6.07) is 15.3. The van der Waals surface area contributed by atoms with Crippen LogP contribution in [0.2, 0.25) is 0 Å². The summed E-state index contributed by atoms with van der Waals surface area (Å²) in [6.07, 6.45) is 3.14. The Bertz CT molecular complexity index is 541. The Balaban J connectivity index is 1.84. The zero-order chi connectivity index (χ0) is 14.5. The van der Waals surface area contributed by atoms with E-state index in [0.717, 1.165) is 24.1 Å². The van der Waals surface area contributed by atoms with E-state index in [0.29, 0.717) is 6.61 Å². The molecule has 0 aliphatic carbocycles. The quantitative estimate of drug-likeness (QED) is 0.937. The summed E-state index contributed by atoms with van der Waals surface area (Å²) in [5, 5.41) is 3.07. The minimum Gasteiger partial charge on any atom is -0.368 e. The summed E-state index contributed by atoms with van der Waals surface area (Å²) in [7, 11) is 0. The number of carbonyl (C=O) groups is 1. The van der Waals surface area contributed by atoms with Gasteiger partial charge in [0.25, 0.3) is 0 Å². The summed E-state index contributed by atoms with van der Waals surface area (Å²) in [6.45, 7) is 0.664. The van der Waals surface area contributed by atoms with E-state index in [9.17, 15) is 4.79 Å². The first kappa shape index (κ1) is 13.8. The van der Waals surface area contributed by atoms with Crippen molar-refractivity contribution < 1.29 is 9.53 Å². The number of nitrogens with zero attached hydrogens (tertiary/aromatic N) is 1. The topological polar surface area (TPSA) is 51.2 Å². The molecule has 1 aromatic carbocycles. The fraction of sp³-hybridized carbons (Fsp3) is 0.294. The van der Waals surface area contributed by atoms with Crippen molar-refractivity contribution in [1.29, 1.82) is 0 Å². The normalized spacial score (nSPS) is 19.1. The van der Waals surface area contributed by atoms with Crippen LogP contribution in [0.4, 0.5) is 0 Å². The lowest BCUT2D eigenvalue weighted by molar-refractivity contribution is -0.130. The van der Waals surface area contributed by atoms with Crippen LogP contribution in [0.25, 0.3) is 0 Å². The van der Waals surface area contributed by atoms with Gasteiger partial charge in [-0.1, -0.05) is 36.4 Å². The largest absolute Gasteiger partial charge is 0.368 e. The Hall–Kier alpha value is -2.20. The van der Waals surface area contributed by atoms with Crippen molar-refractivity contribution in [2.75, 3.05) is 6.61 Å². The van der Waals surface area contributed by atoms with Gasteiger partial charge >= 0.3 is 0 Å². The number of aromatic nitrogens is 1. The molecule has 3 rings (SSSR count). The smallest absolute Gasteiger partial charge is 0.249 e. The minimum atomic E-state index is -0.333. The molecule has 2 heterocycles. The van der Waals surface area contributed by atoms with E-state index in [1.54, 1.807) is 6.20 Å². The Morgan fingerprint density at radius 2 is 2.00 bits per heavy atom. The number of pyridine rings is 1. The monoisotopic (exact) mass is 282 g/mol. The fourth-order valence-corrected chi connectivity index (χ4v) is 2.54. The molecule has 1 N–H and O–H groups in total. The highest BCUT2D eigenvalue weighted by atomic mass is 16.5. The molecule has 1 aliphatic heterocycles. The van der Waals surface area contributed by atoms with Gasteiger partial charge in [0, 0.05) is 12.8 Å².